The van der Waals surface area contributed by atoms with Gasteiger partial charge in [0.15, 0.2) is 0 Å². The number of allylic oxidation sites excluding steroid dienone is 3. The van der Waals surface area contributed by atoms with Crippen molar-refractivity contribution in [2.24, 2.45) is 5.92 Å². The normalized spacial score (nSPS) is 24.8. The molecule has 0 heterocycles. The lowest BCUT2D eigenvalue weighted by atomic mass is 10.1. The minimum Gasteiger partial charge on any atom is -0.0992 e. The summed E-state index contributed by atoms with van der Waals surface area (Å²) in [7, 11) is 0. The maximum absolute atomic E-state index is 3.86. The standard InChI is InChI=1S/C8H12/c1-4-7-5-8(7)6(2)3/h5,8H,2,4H2,1,3H3. The van der Waals surface area contributed by atoms with Gasteiger partial charge in [-0.05, 0) is 13.3 Å². The Labute approximate surface area is 50.9 Å². The average molecular weight is 108 g/mol. The second-order valence-corrected chi connectivity index (χ2v) is 2.42. The summed E-state index contributed by atoms with van der Waals surface area (Å²) >= 11 is 0. The zero-order valence-corrected chi connectivity index (χ0v) is 5.57. The highest BCUT2D eigenvalue weighted by Gasteiger charge is 2.22. The van der Waals surface area contributed by atoms with Gasteiger partial charge in [0.25, 0.3) is 0 Å². The van der Waals surface area contributed by atoms with E-state index in [1.54, 1.807) is 5.57 Å². The van der Waals surface area contributed by atoms with Crippen LogP contribution in [-0.4, -0.2) is 0 Å². The van der Waals surface area contributed by atoms with Gasteiger partial charge < -0.3 is 0 Å². The summed E-state index contributed by atoms with van der Waals surface area (Å²) in [5, 5.41) is 0. The largest absolute Gasteiger partial charge is 0.0992 e. The molecular weight excluding hydrogens is 96.1 g/mol. The van der Waals surface area contributed by atoms with Gasteiger partial charge >= 0.3 is 0 Å². The van der Waals surface area contributed by atoms with Crippen LogP contribution < -0.4 is 0 Å². The van der Waals surface area contributed by atoms with Crippen LogP contribution in [0.3, 0.4) is 0 Å². The molecule has 0 aliphatic heterocycles. The minimum atomic E-state index is 0.681. The summed E-state index contributed by atoms with van der Waals surface area (Å²) < 4.78 is 0. The molecule has 0 aromatic heterocycles. The van der Waals surface area contributed by atoms with Gasteiger partial charge in [0.05, 0.1) is 0 Å². The summed E-state index contributed by atoms with van der Waals surface area (Å²) in [6, 6.07) is 0. The number of rotatable bonds is 2. The molecule has 0 N–H and O–H groups in total. The van der Waals surface area contributed by atoms with E-state index >= 15 is 0 Å². The molecule has 0 spiro atoms. The molecular formula is C8H12. The molecule has 0 aromatic rings. The number of hydrogen-bond acceptors (Lipinski definition) is 0. The van der Waals surface area contributed by atoms with Crippen LogP contribution in [0, 0.1) is 5.92 Å². The molecule has 0 nitrogen and oxygen atoms in total. The third-order valence-electron chi connectivity index (χ3n) is 1.61. The predicted molar refractivity (Wildman–Crippen MR) is 36.7 cm³/mol. The molecule has 44 valence electrons. The number of hydrogen-bond donors (Lipinski definition) is 0. The smallest absolute Gasteiger partial charge is 0.0184 e. The Bertz CT molecular complexity index is 140. The lowest BCUT2D eigenvalue weighted by Gasteiger charge is -1.92. The molecule has 0 saturated heterocycles. The van der Waals surface area contributed by atoms with Crippen LogP contribution >= 0.6 is 0 Å². The first-order valence-corrected chi connectivity index (χ1v) is 3.11. The molecule has 0 heteroatoms. The van der Waals surface area contributed by atoms with E-state index in [1.165, 1.54) is 12.0 Å². The molecule has 0 fully saturated rings. The van der Waals surface area contributed by atoms with Crippen molar-refractivity contribution >= 4 is 0 Å². The van der Waals surface area contributed by atoms with Crippen LogP contribution in [0.2, 0.25) is 0 Å². The monoisotopic (exact) mass is 108 g/mol. The zero-order valence-electron chi connectivity index (χ0n) is 5.57. The van der Waals surface area contributed by atoms with Gasteiger partial charge in [-0.1, -0.05) is 30.7 Å². The summed E-state index contributed by atoms with van der Waals surface area (Å²) in [6.45, 7) is 8.14. The van der Waals surface area contributed by atoms with E-state index in [2.05, 4.69) is 26.5 Å². The van der Waals surface area contributed by atoms with E-state index < -0.39 is 0 Å². The van der Waals surface area contributed by atoms with Gasteiger partial charge in [0, 0.05) is 5.92 Å². The van der Waals surface area contributed by atoms with Crippen molar-refractivity contribution in [3.8, 4) is 0 Å². The van der Waals surface area contributed by atoms with Crippen molar-refractivity contribution in [2.75, 3.05) is 0 Å². The fourth-order valence-corrected chi connectivity index (χ4v) is 0.962. The van der Waals surface area contributed by atoms with E-state index in [0.717, 1.165) is 0 Å². The Morgan fingerprint density at radius 1 is 1.88 bits per heavy atom. The summed E-state index contributed by atoms with van der Waals surface area (Å²) in [4.78, 5) is 0. The molecule has 0 aromatic carbocycles. The highest BCUT2D eigenvalue weighted by molar-refractivity contribution is 5.38. The first-order chi connectivity index (χ1) is 3.75. The van der Waals surface area contributed by atoms with Crippen molar-refractivity contribution in [1.29, 1.82) is 0 Å². The van der Waals surface area contributed by atoms with Crippen LogP contribution in [0.15, 0.2) is 23.8 Å². The second kappa shape index (κ2) is 1.77. The van der Waals surface area contributed by atoms with Crippen molar-refractivity contribution < 1.29 is 0 Å². The third kappa shape index (κ3) is 0.835. The zero-order chi connectivity index (χ0) is 6.15. The van der Waals surface area contributed by atoms with Crippen LogP contribution in [0.4, 0.5) is 0 Å². The van der Waals surface area contributed by atoms with Gasteiger partial charge in [-0.25, -0.2) is 0 Å². The van der Waals surface area contributed by atoms with E-state index in [1.807, 2.05) is 0 Å². The van der Waals surface area contributed by atoms with Gasteiger partial charge in [0.2, 0.25) is 0 Å². The second-order valence-electron chi connectivity index (χ2n) is 2.42. The molecule has 0 radical (unpaired) electrons. The Hall–Kier alpha value is -0.520. The van der Waals surface area contributed by atoms with E-state index in [0.29, 0.717) is 5.92 Å². The molecule has 1 aliphatic rings. The maximum atomic E-state index is 3.86. The quantitative estimate of drug-likeness (QED) is 0.477. The fraction of sp³-hybridized carbons (Fsp3) is 0.500. The highest BCUT2D eigenvalue weighted by Crippen LogP contribution is 2.36. The minimum absolute atomic E-state index is 0.681. The lowest BCUT2D eigenvalue weighted by Crippen LogP contribution is -1.79. The molecule has 0 amide bonds. The summed E-state index contributed by atoms with van der Waals surface area (Å²) in [5.41, 5.74) is 2.86. The van der Waals surface area contributed by atoms with Crippen molar-refractivity contribution in [2.45, 2.75) is 20.3 Å². The molecule has 1 atom stereocenters. The third-order valence-corrected chi connectivity index (χ3v) is 1.61. The van der Waals surface area contributed by atoms with Crippen LogP contribution in [0.1, 0.15) is 20.3 Å². The lowest BCUT2D eigenvalue weighted by molar-refractivity contribution is 0.989. The van der Waals surface area contributed by atoms with Crippen LogP contribution in [0.5, 0.6) is 0 Å². The Balaban J connectivity index is 2.33. The van der Waals surface area contributed by atoms with E-state index in [4.69, 9.17) is 0 Å². The van der Waals surface area contributed by atoms with Crippen molar-refractivity contribution in [3.63, 3.8) is 0 Å². The van der Waals surface area contributed by atoms with Gasteiger partial charge in [-0.2, -0.15) is 0 Å². The van der Waals surface area contributed by atoms with Gasteiger partial charge in [-0.15, -0.1) is 0 Å². The predicted octanol–water partition coefficient (Wildman–Crippen LogP) is 2.53. The Morgan fingerprint density at radius 2 is 2.50 bits per heavy atom. The van der Waals surface area contributed by atoms with E-state index in [9.17, 15) is 0 Å². The summed E-state index contributed by atoms with van der Waals surface area (Å²) in [5.74, 6) is 0.681. The SMILES string of the molecule is C=C(C)C1C=C1CC. The summed E-state index contributed by atoms with van der Waals surface area (Å²) in [6.07, 6.45) is 3.49. The highest BCUT2D eigenvalue weighted by atomic mass is 14.3. The molecule has 1 unspecified atom stereocenters. The Kier molecular flexibility index (Phi) is 1.24. The maximum Gasteiger partial charge on any atom is 0.0184 e. The van der Waals surface area contributed by atoms with Gasteiger partial charge in [-0.3, -0.25) is 0 Å². The van der Waals surface area contributed by atoms with Crippen LogP contribution in [0.25, 0.3) is 0 Å². The van der Waals surface area contributed by atoms with Crippen molar-refractivity contribution in [1.82, 2.24) is 0 Å². The molecule has 1 rings (SSSR count). The molecule has 0 saturated carbocycles. The Morgan fingerprint density at radius 3 is 2.62 bits per heavy atom. The average Bonchev–Trinajstić information content (AvgIpc) is 2.42. The topological polar surface area (TPSA) is 0 Å². The fourth-order valence-electron chi connectivity index (χ4n) is 0.962. The molecule has 8 heavy (non-hydrogen) atoms. The molecule has 0 bridgehead atoms. The van der Waals surface area contributed by atoms with Crippen LogP contribution in [-0.2, 0) is 0 Å². The van der Waals surface area contributed by atoms with E-state index in [-0.39, 0.29) is 0 Å². The van der Waals surface area contributed by atoms with Gasteiger partial charge in [0.1, 0.15) is 0 Å². The van der Waals surface area contributed by atoms with Crippen molar-refractivity contribution in [3.05, 3.63) is 23.8 Å². The molecule has 1 aliphatic carbocycles. The first kappa shape index (κ1) is 5.61. The first-order valence-electron chi connectivity index (χ1n) is 3.11.